The molecule has 0 fully saturated rings. The number of imidazole rings is 1. The van der Waals surface area contributed by atoms with Crippen molar-refractivity contribution in [1.82, 2.24) is 19.5 Å². The number of aliphatic hydroxyl groups excluding tert-OH is 2. The van der Waals surface area contributed by atoms with Crippen molar-refractivity contribution >= 4 is 11.2 Å². The van der Waals surface area contributed by atoms with E-state index in [-0.39, 0.29) is 24.6 Å². The van der Waals surface area contributed by atoms with Crippen LogP contribution < -0.4 is 11.2 Å². The highest BCUT2D eigenvalue weighted by Gasteiger charge is 2.12. The van der Waals surface area contributed by atoms with Crippen LogP contribution in [-0.2, 0) is 6.54 Å². The van der Waals surface area contributed by atoms with Crippen LogP contribution in [0.5, 0.6) is 0 Å². The molecule has 8 heteroatoms. The van der Waals surface area contributed by atoms with Crippen molar-refractivity contribution < 1.29 is 10.2 Å². The molecular formula is C10H14N4O4. The average Bonchev–Trinajstić information content (AvgIpc) is 2.72. The van der Waals surface area contributed by atoms with E-state index in [0.717, 1.165) is 0 Å². The van der Waals surface area contributed by atoms with Gasteiger partial charge in [0.2, 0.25) is 0 Å². The van der Waals surface area contributed by atoms with E-state index in [2.05, 4.69) is 15.0 Å². The lowest BCUT2D eigenvalue weighted by Gasteiger charge is -2.13. The summed E-state index contributed by atoms with van der Waals surface area (Å²) in [6.07, 6.45) is 1.86. The summed E-state index contributed by atoms with van der Waals surface area (Å²) in [4.78, 5) is 31.1. The van der Waals surface area contributed by atoms with Crippen LogP contribution in [0.15, 0.2) is 15.9 Å². The summed E-state index contributed by atoms with van der Waals surface area (Å²) in [5.41, 5.74) is -0.678. The molecule has 2 aromatic heterocycles. The third-order valence-electron chi connectivity index (χ3n) is 2.76. The molecule has 1 atom stereocenters. The summed E-state index contributed by atoms with van der Waals surface area (Å²) in [5.74, 6) is -0.157. The molecule has 18 heavy (non-hydrogen) atoms. The third-order valence-corrected chi connectivity index (χ3v) is 2.76. The van der Waals surface area contributed by atoms with Crippen molar-refractivity contribution in [2.45, 2.75) is 13.0 Å². The van der Waals surface area contributed by atoms with Crippen molar-refractivity contribution in [2.24, 2.45) is 5.92 Å². The minimum Gasteiger partial charge on any atom is -0.396 e. The highest BCUT2D eigenvalue weighted by molar-refractivity contribution is 5.68. The average molecular weight is 254 g/mol. The Morgan fingerprint density at radius 3 is 2.78 bits per heavy atom. The Morgan fingerprint density at radius 2 is 2.11 bits per heavy atom. The van der Waals surface area contributed by atoms with Crippen molar-refractivity contribution in [1.29, 1.82) is 0 Å². The summed E-state index contributed by atoms with van der Waals surface area (Å²) in [6, 6.07) is 0. The van der Waals surface area contributed by atoms with Crippen LogP contribution in [0, 0.1) is 5.92 Å². The van der Waals surface area contributed by atoms with Crippen molar-refractivity contribution in [3.63, 3.8) is 0 Å². The fraction of sp³-hybridized carbons (Fsp3) is 0.500. The molecule has 0 aliphatic carbocycles. The second kappa shape index (κ2) is 5.15. The number of aromatic amines is 2. The molecule has 2 heterocycles. The number of hydrogen-bond donors (Lipinski definition) is 4. The van der Waals surface area contributed by atoms with Gasteiger partial charge in [0.05, 0.1) is 6.33 Å². The first-order valence-electron chi connectivity index (χ1n) is 5.55. The Hall–Kier alpha value is -1.93. The largest absolute Gasteiger partial charge is 0.396 e. The van der Waals surface area contributed by atoms with E-state index in [9.17, 15) is 9.59 Å². The molecule has 0 aliphatic rings. The first-order chi connectivity index (χ1) is 8.65. The van der Waals surface area contributed by atoms with Gasteiger partial charge in [-0.2, -0.15) is 0 Å². The van der Waals surface area contributed by atoms with Gasteiger partial charge in [-0.05, 0) is 6.42 Å². The Labute approximate surface area is 101 Å². The first-order valence-corrected chi connectivity index (χ1v) is 5.55. The Morgan fingerprint density at radius 1 is 1.33 bits per heavy atom. The van der Waals surface area contributed by atoms with Gasteiger partial charge < -0.3 is 14.8 Å². The molecule has 98 valence electrons. The highest BCUT2D eigenvalue weighted by Crippen LogP contribution is 2.09. The van der Waals surface area contributed by atoms with Crippen LogP contribution in [0.25, 0.3) is 11.2 Å². The van der Waals surface area contributed by atoms with Crippen molar-refractivity contribution in [3.05, 3.63) is 27.2 Å². The molecular weight excluding hydrogens is 240 g/mol. The van der Waals surface area contributed by atoms with Crippen LogP contribution >= 0.6 is 0 Å². The lowest BCUT2D eigenvalue weighted by molar-refractivity contribution is 0.171. The zero-order valence-electron chi connectivity index (χ0n) is 9.59. The molecule has 2 rings (SSSR count). The monoisotopic (exact) mass is 254 g/mol. The van der Waals surface area contributed by atoms with Crippen LogP contribution in [0.3, 0.4) is 0 Å². The van der Waals surface area contributed by atoms with E-state index in [1.54, 1.807) is 4.57 Å². The molecule has 8 nitrogen and oxygen atoms in total. The van der Waals surface area contributed by atoms with Gasteiger partial charge in [0.1, 0.15) is 5.65 Å². The molecule has 2 aromatic rings. The molecule has 0 amide bonds. The van der Waals surface area contributed by atoms with Crippen LogP contribution in [0.1, 0.15) is 6.42 Å². The number of rotatable bonds is 5. The topological polar surface area (TPSA) is 124 Å². The van der Waals surface area contributed by atoms with Crippen LogP contribution in [0.4, 0.5) is 0 Å². The van der Waals surface area contributed by atoms with Crippen molar-refractivity contribution in [3.8, 4) is 0 Å². The highest BCUT2D eigenvalue weighted by atomic mass is 16.3. The SMILES string of the molecule is O=c1[nH]c(=O)c2ncn(C[C@H](CO)CCO)c2[nH]1. The fourth-order valence-corrected chi connectivity index (χ4v) is 1.82. The van der Waals surface area contributed by atoms with Gasteiger partial charge in [-0.15, -0.1) is 0 Å². The zero-order chi connectivity index (χ0) is 13.1. The number of H-pyrrole nitrogens is 2. The van der Waals surface area contributed by atoms with E-state index in [4.69, 9.17) is 10.2 Å². The number of nitrogens with one attached hydrogen (secondary N) is 2. The van der Waals surface area contributed by atoms with Gasteiger partial charge in [-0.3, -0.25) is 14.8 Å². The fourth-order valence-electron chi connectivity index (χ4n) is 1.82. The zero-order valence-corrected chi connectivity index (χ0v) is 9.59. The van der Waals surface area contributed by atoms with E-state index < -0.39 is 11.2 Å². The van der Waals surface area contributed by atoms with E-state index in [1.807, 2.05) is 0 Å². The molecule has 0 spiro atoms. The summed E-state index contributed by atoms with van der Waals surface area (Å²) in [6.45, 7) is 0.246. The number of hydrogen-bond acceptors (Lipinski definition) is 5. The maximum Gasteiger partial charge on any atom is 0.327 e. The van der Waals surface area contributed by atoms with Gasteiger partial charge in [0, 0.05) is 25.7 Å². The Balaban J connectivity index is 2.40. The minimum absolute atomic E-state index is 0.0328. The maximum atomic E-state index is 11.5. The van der Waals surface area contributed by atoms with Gasteiger partial charge >= 0.3 is 5.69 Å². The van der Waals surface area contributed by atoms with Crippen molar-refractivity contribution in [2.75, 3.05) is 13.2 Å². The second-order valence-electron chi connectivity index (χ2n) is 4.06. The molecule has 0 saturated carbocycles. The molecule has 0 saturated heterocycles. The summed E-state index contributed by atoms with van der Waals surface area (Å²) < 4.78 is 1.59. The molecule has 0 bridgehead atoms. The van der Waals surface area contributed by atoms with Gasteiger partial charge in [-0.25, -0.2) is 9.78 Å². The molecule has 0 aliphatic heterocycles. The quantitative estimate of drug-likeness (QED) is 0.511. The van der Waals surface area contributed by atoms with E-state index >= 15 is 0 Å². The standard InChI is InChI=1S/C10H14N4O4/c15-2-1-6(4-16)3-14-5-11-7-8(14)12-10(18)13-9(7)17/h5-6,15-16H,1-4H2,(H2,12,13,17,18)/t6-/m1/s1. The lowest BCUT2D eigenvalue weighted by atomic mass is 10.1. The molecule has 0 unspecified atom stereocenters. The van der Waals surface area contributed by atoms with Gasteiger partial charge in [-0.1, -0.05) is 0 Å². The lowest BCUT2D eigenvalue weighted by Crippen LogP contribution is -2.23. The van der Waals surface area contributed by atoms with Crippen LogP contribution in [0.2, 0.25) is 0 Å². The number of aromatic nitrogens is 4. The maximum absolute atomic E-state index is 11.5. The minimum atomic E-state index is -0.600. The van der Waals surface area contributed by atoms with E-state index in [0.29, 0.717) is 18.6 Å². The summed E-state index contributed by atoms with van der Waals surface area (Å²) >= 11 is 0. The predicted octanol–water partition coefficient (Wildman–Crippen LogP) is -1.60. The predicted molar refractivity (Wildman–Crippen MR) is 63.3 cm³/mol. The summed E-state index contributed by atoms with van der Waals surface area (Å²) in [7, 11) is 0. The summed E-state index contributed by atoms with van der Waals surface area (Å²) in [5, 5.41) is 18.0. The first kappa shape index (κ1) is 12.5. The number of nitrogens with zero attached hydrogens (tertiary/aromatic N) is 2. The molecule has 4 N–H and O–H groups in total. The third kappa shape index (κ3) is 2.34. The van der Waals surface area contributed by atoms with Gasteiger partial charge in [0.25, 0.3) is 5.56 Å². The Kier molecular flexibility index (Phi) is 3.58. The second-order valence-corrected chi connectivity index (χ2v) is 4.06. The number of fused-ring (bicyclic) bond motifs is 1. The molecule has 0 radical (unpaired) electrons. The smallest absolute Gasteiger partial charge is 0.327 e. The van der Waals surface area contributed by atoms with Crippen LogP contribution in [-0.4, -0.2) is 42.9 Å². The Bertz CT molecular complexity index is 641. The normalized spacial score (nSPS) is 13.0. The molecule has 0 aromatic carbocycles. The number of aliphatic hydroxyl groups is 2. The van der Waals surface area contributed by atoms with E-state index in [1.165, 1.54) is 6.33 Å². The van der Waals surface area contributed by atoms with Gasteiger partial charge in [0.15, 0.2) is 5.52 Å².